The van der Waals surface area contributed by atoms with Crippen LogP contribution in [0.3, 0.4) is 0 Å². The van der Waals surface area contributed by atoms with E-state index in [9.17, 15) is 14.9 Å². The van der Waals surface area contributed by atoms with Crippen LogP contribution in [0, 0.1) is 11.3 Å². The molecule has 1 atom stereocenters. The number of anilines is 1. The highest BCUT2D eigenvalue weighted by molar-refractivity contribution is 7.16. The topological polar surface area (TPSA) is 82.4 Å². The highest BCUT2D eigenvalue weighted by Crippen LogP contribution is 2.38. The molecule has 0 saturated carbocycles. The van der Waals surface area contributed by atoms with Crippen molar-refractivity contribution in [3.05, 3.63) is 57.1 Å². The minimum absolute atomic E-state index is 0.241. The molecule has 3 rings (SSSR count). The van der Waals surface area contributed by atoms with Crippen molar-refractivity contribution in [1.82, 2.24) is 4.90 Å². The Morgan fingerprint density at radius 2 is 2.34 bits per heavy atom. The zero-order valence-corrected chi connectivity index (χ0v) is 17.6. The van der Waals surface area contributed by atoms with Crippen LogP contribution in [0.15, 0.2) is 35.6 Å². The summed E-state index contributed by atoms with van der Waals surface area (Å²) in [7, 11) is 1.66. The third-order valence-electron chi connectivity index (χ3n) is 4.52. The van der Waals surface area contributed by atoms with Gasteiger partial charge in [-0.1, -0.05) is 6.08 Å². The lowest BCUT2D eigenvalue weighted by Gasteiger charge is -2.25. The van der Waals surface area contributed by atoms with Crippen molar-refractivity contribution in [3.63, 3.8) is 0 Å². The molecule has 2 heterocycles. The highest BCUT2D eigenvalue weighted by atomic mass is 32.1. The largest absolute Gasteiger partial charge is 0.446 e. The van der Waals surface area contributed by atoms with E-state index in [-0.39, 0.29) is 18.1 Å². The van der Waals surface area contributed by atoms with Gasteiger partial charge < -0.3 is 15.0 Å². The van der Waals surface area contributed by atoms with Gasteiger partial charge in [0.2, 0.25) is 5.91 Å². The summed E-state index contributed by atoms with van der Waals surface area (Å²) in [6.45, 7) is 4.04. The van der Waals surface area contributed by atoms with Crippen LogP contribution >= 0.6 is 22.7 Å². The van der Waals surface area contributed by atoms with E-state index in [1.165, 1.54) is 22.3 Å². The average Bonchev–Trinajstić information content (AvgIpc) is 3.33. The van der Waals surface area contributed by atoms with Gasteiger partial charge in [0.05, 0.1) is 5.56 Å². The molecular weight excluding hydrogens is 406 g/mol. The minimum Gasteiger partial charge on any atom is -0.446 e. The van der Waals surface area contributed by atoms with Crippen molar-refractivity contribution in [2.24, 2.45) is 0 Å². The molecule has 6 nitrogen and oxygen atoms in total. The zero-order valence-electron chi connectivity index (χ0n) is 16.0. The van der Waals surface area contributed by atoms with Gasteiger partial charge in [-0.2, -0.15) is 16.6 Å². The molecule has 2 aromatic heterocycles. The number of thiophene rings is 2. The first-order valence-corrected chi connectivity index (χ1v) is 10.9. The Kier molecular flexibility index (Phi) is 6.86. The molecule has 2 amide bonds. The van der Waals surface area contributed by atoms with E-state index in [1.54, 1.807) is 30.5 Å². The first-order chi connectivity index (χ1) is 14.0. The van der Waals surface area contributed by atoms with E-state index in [1.807, 2.05) is 16.8 Å². The molecule has 1 N–H and O–H groups in total. The summed E-state index contributed by atoms with van der Waals surface area (Å²) in [5.74, 6) is -0.277. The predicted octanol–water partition coefficient (Wildman–Crippen LogP) is 4.44. The van der Waals surface area contributed by atoms with Crippen LogP contribution in [-0.4, -0.2) is 36.6 Å². The Bertz CT molecular complexity index is 970. The van der Waals surface area contributed by atoms with Crippen molar-refractivity contribution in [1.29, 1.82) is 5.26 Å². The molecule has 0 spiro atoms. The number of fused-ring (bicyclic) bond motifs is 1. The second-order valence-electron chi connectivity index (χ2n) is 6.62. The van der Waals surface area contributed by atoms with Crippen LogP contribution in [0.2, 0.25) is 0 Å². The normalized spacial score (nSPS) is 15.4. The molecule has 1 aliphatic rings. The van der Waals surface area contributed by atoms with E-state index in [2.05, 4.69) is 18.0 Å². The highest BCUT2D eigenvalue weighted by Gasteiger charge is 2.28. The summed E-state index contributed by atoms with van der Waals surface area (Å²) in [5, 5.41) is 16.8. The molecule has 150 valence electrons. The molecule has 1 aliphatic carbocycles. The Labute approximate surface area is 177 Å². The third kappa shape index (κ3) is 5.13. The Morgan fingerprint density at radius 1 is 1.52 bits per heavy atom. The van der Waals surface area contributed by atoms with Crippen LogP contribution < -0.4 is 5.32 Å². The number of nitrogens with zero attached hydrogens (tertiary/aromatic N) is 2. The first kappa shape index (κ1) is 20.8. The van der Waals surface area contributed by atoms with Gasteiger partial charge in [0.15, 0.2) is 0 Å². The Hall–Kier alpha value is -2.89. The maximum Gasteiger partial charge on any atom is 0.410 e. The third-order valence-corrected chi connectivity index (χ3v) is 6.39. The summed E-state index contributed by atoms with van der Waals surface area (Å²) in [6, 6.07) is 4.14. The quantitative estimate of drug-likeness (QED) is 0.546. The summed E-state index contributed by atoms with van der Waals surface area (Å²) < 4.78 is 5.57. The first-order valence-electron chi connectivity index (χ1n) is 9.10. The smallest absolute Gasteiger partial charge is 0.410 e. The maximum atomic E-state index is 12.3. The van der Waals surface area contributed by atoms with Crippen molar-refractivity contribution >= 4 is 45.8 Å². The molecule has 0 saturated heterocycles. The molecule has 0 aromatic carbocycles. The number of nitrogens with one attached hydrogen (secondary N) is 1. The fourth-order valence-electron chi connectivity index (χ4n) is 3.06. The fraction of sp³-hybridized carbons (Fsp3) is 0.286. The standard InChI is InChI=1S/C21H21N3O3S2/c1-3-9-24(2)21(26)27-15-5-6-16-17(12-22)20(29-18(16)11-15)23-19(25)7-4-14-8-10-28-13-14/h3-4,7-8,10,13,15H,1,5-6,9,11H2,2H3,(H,23,25)/b7-4+. The summed E-state index contributed by atoms with van der Waals surface area (Å²) in [6.07, 6.45) is 6.04. The van der Waals surface area contributed by atoms with E-state index >= 15 is 0 Å². The Morgan fingerprint density at radius 3 is 3.03 bits per heavy atom. The van der Waals surface area contributed by atoms with Crippen LogP contribution in [0.5, 0.6) is 0 Å². The monoisotopic (exact) mass is 427 g/mol. The van der Waals surface area contributed by atoms with Gasteiger partial charge >= 0.3 is 6.09 Å². The van der Waals surface area contributed by atoms with Crippen molar-refractivity contribution < 1.29 is 14.3 Å². The number of hydrogen-bond donors (Lipinski definition) is 1. The number of nitriles is 1. The summed E-state index contributed by atoms with van der Waals surface area (Å²) in [5.41, 5.74) is 2.42. The number of amides is 2. The number of ether oxygens (including phenoxy) is 1. The molecule has 29 heavy (non-hydrogen) atoms. The van der Waals surface area contributed by atoms with E-state index in [0.29, 0.717) is 36.4 Å². The summed E-state index contributed by atoms with van der Waals surface area (Å²) >= 11 is 2.94. The molecule has 1 unspecified atom stereocenters. The lowest BCUT2D eigenvalue weighted by Crippen LogP contribution is -2.33. The van der Waals surface area contributed by atoms with E-state index in [4.69, 9.17) is 4.74 Å². The maximum absolute atomic E-state index is 12.3. The van der Waals surface area contributed by atoms with Crippen LogP contribution in [0.4, 0.5) is 9.80 Å². The number of carbonyl (C=O) groups is 2. The van der Waals surface area contributed by atoms with Crippen LogP contribution in [0.1, 0.15) is 28.0 Å². The average molecular weight is 428 g/mol. The van der Waals surface area contributed by atoms with Crippen LogP contribution in [0.25, 0.3) is 6.08 Å². The second kappa shape index (κ2) is 9.54. The number of rotatable bonds is 6. The lowest BCUT2D eigenvalue weighted by atomic mass is 9.94. The molecular formula is C21H21N3O3S2. The zero-order chi connectivity index (χ0) is 20.8. The number of carbonyl (C=O) groups excluding carboxylic acids is 2. The van der Waals surface area contributed by atoms with E-state index < -0.39 is 0 Å². The van der Waals surface area contributed by atoms with E-state index in [0.717, 1.165) is 16.0 Å². The molecule has 0 radical (unpaired) electrons. The van der Waals surface area contributed by atoms with Gasteiger partial charge in [0, 0.05) is 31.0 Å². The van der Waals surface area contributed by atoms with Gasteiger partial charge in [0.25, 0.3) is 0 Å². The van der Waals surface area contributed by atoms with Gasteiger partial charge in [-0.3, -0.25) is 4.79 Å². The van der Waals surface area contributed by atoms with Crippen molar-refractivity contribution in [2.75, 3.05) is 18.9 Å². The van der Waals surface area contributed by atoms with Gasteiger partial charge in [-0.25, -0.2) is 4.79 Å². The summed E-state index contributed by atoms with van der Waals surface area (Å²) in [4.78, 5) is 26.8. The fourth-order valence-corrected chi connectivity index (χ4v) is 4.95. The molecule has 8 heteroatoms. The molecule has 2 aromatic rings. The molecule has 0 bridgehead atoms. The number of hydrogen-bond acceptors (Lipinski definition) is 6. The lowest BCUT2D eigenvalue weighted by molar-refractivity contribution is -0.111. The molecule has 0 fully saturated rings. The second-order valence-corrected chi connectivity index (χ2v) is 8.50. The van der Waals surface area contributed by atoms with Crippen molar-refractivity contribution in [3.8, 4) is 6.07 Å². The van der Waals surface area contributed by atoms with Crippen LogP contribution in [-0.2, 0) is 22.4 Å². The van der Waals surface area contributed by atoms with Gasteiger partial charge in [-0.05, 0) is 46.9 Å². The van der Waals surface area contributed by atoms with Crippen molar-refractivity contribution in [2.45, 2.75) is 25.4 Å². The van der Waals surface area contributed by atoms with Gasteiger partial charge in [-0.15, -0.1) is 17.9 Å². The SMILES string of the molecule is C=CCN(C)C(=O)OC1CCc2c(sc(NC(=O)/C=C/c3ccsc3)c2C#N)C1. The number of likely N-dealkylation sites (N-methyl/N-ethyl adjacent to an activating group) is 1. The minimum atomic E-state index is -0.387. The Balaban J connectivity index is 1.68. The molecule has 0 aliphatic heterocycles. The predicted molar refractivity (Wildman–Crippen MR) is 116 cm³/mol. The van der Waals surface area contributed by atoms with Gasteiger partial charge in [0.1, 0.15) is 17.2 Å².